The zero-order valence-corrected chi connectivity index (χ0v) is 31.1. The van der Waals surface area contributed by atoms with Gasteiger partial charge in [-0.05, 0) is 73.4 Å². The normalized spacial score (nSPS) is 18.0. The Kier molecular flexibility index (Phi) is 11.5. The number of ether oxygens (including phenoxy) is 3. The van der Waals surface area contributed by atoms with Crippen LogP contribution in [0.25, 0.3) is 22.4 Å². The number of hydrogen-bond donors (Lipinski definition) is 3. The molecule has 1 saturated heterocycles. The van der Waals surface area contributed by atoms with Gasteiger partial charge in [0.25, 0.3) is 0 Å². The fourth-order valence-corrected chi connectivity index (χ4v) is 7.45. The molecule has 1 saturated carbocycles. The summed E-state index contributed by atoms with van der Waals surface area (Å²) in [6.07, 6.45) is 0.732. The van der Waals surface area contributed by atoms with Gasteiger partial charge in [-0.25, -0.2) is 0 Å². The van der Waals surface area contributed by atoms with Crippen molar-refractivity contribution in [3.8, 4) is 39.9 Å². The molecule has 1 amide bonds. The van der Waals surface area contributed by atoms with Crippen LogP contribution in [0.1, 0.15) is 72.4 Å². The summed E-state index contributed by atoms with van der Waals surface area (Å²) in [4.78, 5) is 37.2. The van der Waals surface area contributed by atoms with Gasteiger partial charge in [-0.2, -0.15) is 18.2 Å². The predicted octanol–water partition coefficient (Wildman–Crippen LogP) is 7.28. The smallest absolute Gasteiger partial charge is 0.421 e. The number of alkyl halides is 3. The fraction of sp³-hybridized carbons (Fsp3) is 0.400. The second kappa shape index (κ2) is 16.4. The second-order valence-electron chi connectivity index (χ2n) is 13.9. The monoisotopic (exact) mass is 779 g/mol. The standard InChI is InChI=1S/C40H41ClF3N5O6/c1-52-33-18-23(11-12-24(33)19-45-21-26-13-14-34(50)48-26)36-35(41)30(15-16-46-36)28-5-3-7-29-27(28)6-4-8-32(29)54-38-31(40(42,43)44)17-25(37(49-38)53-2)20-47-55-39(51)22-9-10-22/h3,5,7,11-12,15-18,22,26,32,45,47H,4,6,8-10,13-14,19-21H2,1-2H3,(H,48,50)/t26-,32-/m0/s1. The zero-order chi connectivity index (χ0) is 38.7. The molecule has 2 aromatic heterocycles. The van der Waals surface area contributed by atoms with Crippen LogP contribution < -0.4 is 30.3 Å². The van der Waals surface area contributed by atoms with Crippen molar-refractivity contribution in [1.29, 1.82) is 0 Å². The van der Waals surface area contributed by atoms with Gasteiger partial charge in [0, 0.05) is 54.0 Å². The minimum atomic E-state index is -4.79. The Morgan fingerprint density at radius 3 is 2.53 bits per heavy atom. The molecule has 15 heteroatoms. The van der Waals surface area contributed by atoms with Crippen LogP contribution >= 0.6 is 11.6 Å². The van der Waals surface area contributed by atoms with Crippen molar-refractivity contribution >= 4 is 23.5 Å². The number of hydroxylamine groups is 1. The number of pyridine rings is 2. The number of aromatic nitrogens is 2. The van der Waals surface area contributed by atoms with E-state index in [1.54, 1.807) is 13.3 Å². The van der Waals surface area contributed by atoms with E-state index < -0.39 is 29.7 Å². The molecular formula is C40H41ClF3N5O6. The molecule has 290 valence electrons. The molecule has 7 rings (SSSR count). The van der Waals surface area contributed by atoms with Gasteiger partial charge >= 0.3 is 12.1 Å². The molecule has 55 heavy (non-hydrogen) atoms. The van der Waals surface area contributed by atoms with Gasteiger partial charge in [-0.3, -0.25) is 14.6 Å². The summed E-state index contributed by atoms with van der Waals surface area (Å²) in [5.41, 5.74) is 6.87. The molecular weight excluding hydrogens is 739 g/mol. The van der Waals surface area contributed by atoms with Gasteiger partial charge in [0.15, 0.2) is 0 Å². The zero-order valence-electron chi connectivity index (χ0n) is 30.4. The van der Waals surface area contributed by atoms with Gasteiger partial charge in [-0.1, -0.05) is 41.9 Å². The topological polar surface area (TPSA) is 133 Å². The summed E-state index contributed by atoms with van der Waals surface area (Å²) in [7, 11) is 2.90. The average Bonchev–Trinajstić information content (AvgIpc) is 3.95. The summed E-state index contributed by atoms with van der Waals surface area (Å²) < 4.78 is 60.6. The third-order valence-electron chi connectivity index (χ3n) is 10.1. The van der Waals surface area contributed by atoms with E-state index in [1.807, 2.05) is 42.5 Å². The van der Waals surface area contributed by atoms with Gasteiger partial charge in [0.2, 0.25) is 17.7 Å². The molecule has 0 bridgehead atoms. The largest absolute Gasteiger partial charge is 0.496 e. The van der Waals surface area contributed by atoms with Crippen LogP contribution in [0.5, 0.6) is 17.5 Å². The Labute approximate surface area is 321 Å². The Hall–Kier alpha value is -4.92. The van der Waals surface area contributed by atoms with Crippen LogP contribution in [0.4, 0.5) is 13.2 Å². The van der Waals surface area contributed by atoms with Crippen molar-refractivity contribution in [2.45, 2.75) is 76.4 Å². The first-order chi connectivity index (χ1) is 26.5. The van der Waals surface area contributed by atoms with Crippen molar-refractivity contribution in [3.63, 3.8) is 0 Å². The third kappa shape index (κ3) is 8.66. The van der Waals surface area contributed by atoms with Crippen LogP contribution in [0.2, 0.25) is 5.02 Å². The van der Waals surface area contributed by atoms with E-state index in [-0.39, 0.29) is 35.9 Å². The van der Waals surface area contributed by atoms with E-state index in [4.69, 9.17) is 30.6 Å². The molecule has 0 radical (unpaired) electrons. The third-order valence-corrected chi connectivity index (χ3v) is 10.5. The van der Waals surface area contributed by atoms with Crippen LogP contribution in [-0.2, 0) is 40.1 Å². The number of fused-ring (bicyclic) bond motifs is 1. The van der Waals surface area contributed by atoms with Crippen molar-refractivity contribution in [2.24, 2.45) is 5.92 Å². The van der Waals surface area contributed by atoms with Crippen molar-refractivity contribution in [2.75, 3.05) is 20.8 Å². The molecule has 2 aromatic carbocycles. The molecule has 4 aromatic rings. The summed E-state index contributed by atoms with van der Waals surface area (Å²) >= 11 is 7.12. The predicted molar refractivity (Wildman–Crippen MR) is 197 cm³/mol. The first-order valence-corrected chi connectivity index (χ1v) is 18.6. The van der Waals surface area contributed by atoms with Crippen LogP contribution in [-0.4, -0.2) is 48.7 Å². The number of methoxy groups -OCH3 is 2. The van der Waals surface area contributed by atoms with Crippen LogP contribution in [0.15, 0.2) is 54.7 Å². The van der Waals surface area contributed by atoms with Crippen LogP contribution in [0.3, 0.4) is 0 Å². The number of carbonyl (C=O) groups is 2. The van der Waals surface area contributed by atoms with Gasteiger partial charge in [0.05, 0.1) is 37.4 Å². The van der Waals surface area contributed by atoms with Crippen molar-refractivity contribution in [1.82, 2.24) is 26.1 Å². The Morgan fingerprint density at radius 1 is 0.964 bits per heavy atom. The van der Waals surface area contributed by atoms with Crippen molar-refractivity contribution in [3.05, 3.63) is 87.6 Å². The number of rotatable bonds is 14. The van der Waals surface area contributed by atoms with Crippen molar-refractivity contribution < 1.29 is 41.8 Å². The number of halogens is 4. The lowest BCUT2D eigenvalue weighted by Gasteiger charge is -2.29. The molecule has 2 atom stereocenters. The molecule has 3 heterocycles. The summed E-state index contributed by atoms with van der Waals surface area (Å²) in [6, 6.07) is 14.2. The summed E-state index contributed by atoms with van der Waals surface area (Å²) in [5.74, 6) is -0.587. The lowest BCUT2D eigenvalue weighted by molar-refractivity contribution is -0.153. The number of carbonyl (C=O) groups excluding carboxylic acids is 2. The number of amides is 1. The molecule has 0 spiro atoms. The number of nitrogens with one attached hydrogen (secondary N) is 3. The molecule has 1 aliphatic heterocycles. The highest BCUT2D eigenvalue weighted by molar-refractivity contribution is 6.35. The Bertz CT molecular complexity index is 2080. The lowest BCUT2D eigenvalue weighted by atomic mass is 9.84. The highest BCUT2D eigenvalue weighted by Gasteiger charge is 2.39. The Balaban J connectivity index is 1.13. The minimum absolute atomic E-state index is 0.0553. The summed E-state index contributed by atoms with van der Waals surface area (Å²) in [6.45, 7) is 0.957. The molecule has 2 aliphatic carbocycles. The molecule has 2 fully saturated rings. The molecule has 0 unspecified atom stereocenters. The SMILES string of the molecule is COc1cc(-c2nccc(-c3cccc4c3CCC[C@@H]4Oc3nc(OC)c(CNOC(=O)C4CC4)cc3C(F)(F)F)c2Cl)ccc1CNC[C@@H]1CCC(=O)N1. The first kappa shape index (κ1) is 38.4. The van der Waals surface area contributed by atoms with E-state index in [0.717, 1.165) is 58.7 Å². The number of nitrogens with zero attached hydrogens (tertiary/aromatic N) is 2. The van der Waals surface area contributed by atoms with E-state index >= 15 is 0 Å². The van der Waals surface area contributed by atoms with E-state index in [0.29, 0.717) is 55.2 Å². The number of hydrogen-bond acceptors (Lipinski definition) is 10. The second-order valence-corrected chi connectivity index (χ2v) is 14.3. The first-order valence-electron chi connectivity index (χ1n) is 18.2. The quantitative estimate of drug-likeness (QED) is 0.112. The lowest BCUT2D eigenvalue weighted by Crippen LogP contribution is -2.35. The maximum atomic E-state index is 14.5. The maximum Gasteiger partial charge on any atom is 0.421 e. The maximum absolute atomic E-state index is 14.5. The average molecular weight is 780 g/mol. The molecule has 3 N–H and O–H groups in total. The molecule has 11 nitrogen and oxygen atoms in total. The van der Waals surface area contributed by atoms with Gasteiger partial charge < -0.3 is 29.7 Å². The fourth-order valence-electron chi connectivity index (χ4n) is 7.12. The highest BCUT2D eigenvalue weighted by atomic mass is 35.5. The summed E-state index contributed by atoms with van der Waals surface area (Å²) in [5, 5.41) is 6.77. The van der Waals surface area contributed by atoms with Crippen LogP contribution in [0, 0.1) is 5.92 Å². The Morgan fingerprint density at radius 2 is 1.80 bits per heavy atom. The highest BCUT2D eigenvalue weighted by Crippen LogP contribution is 2.45. The van der Waals surface area contributed by atoms with Gasteiger partial charge in [0.1, 0.15) is 17.4 Å². The van der Waals surface area contributed by atoms with E-state index in [9.17, 15) is 22.8 Å². The molecule has 3 aliphatic rings. The minimum Gasteiger partial charge on any atom is -0.496 e. The van der Waals surface area contributed by atoms with E-state index in [2.05, 4.69) is 26.1 Å². The van der Waals surface area contributed by atoms with Gasteiger partial charge in [-0.15, -0.1) is 5.48 Å². The number of benzene rings is 2. The van der Waals surface area contributed by atoms with E-state index in [1.165, 1.54) is 7.11 Å².